The first-order valence-electron chi connectivity index (χ1n) is 18.2. The summed E-state index contributed by atoms with van der Waals surface area (Å²) in [5, 5.41) is 24.6. The van der Waals surface area contributed by atoms with Gasteiger partial charge >= 0.3 is 17.9 Å². The van der Waals surface area contributed by atoms with E-state index in [1.54, 1.807) is 54.6 Å². The van der Waals surface area contributed by atoms with Gasteiger partial charge in [-0.25, -0.2) is 9.78 Å². The number of nitro benzene ring substituents is 2. The molecule has 2 aromatic heterocycles. The van der Waals surface area contributed by atoms with Crippen LogP contribution in [0.2, 0.25) is 0 Å². The fraction of sp³-hybridized carbons (Fsp3) is 0.333. The van der Waals surface area contributed by atoms with Crippen LogP contribution in [0, 0.1) is 20.2 Å². The van der Waals surface area contributed by atoms with Crippen LogP contribution in [0.3, 0.4) is 0 Å². The maximum Gasteiger partial charge on any atom is 0.338 e. The van der Waals surface area contributed by atoms with E-state index in [1.807, 2.05) is 6.92 Å². The van der Waals surface area contributed by atoms with Crippen molar-refractivity contribution in [2.75, 3.05) is 33.5 Å². The quantitative estimate of drug-likeness (QED) is 0.0544. The van der Waals surface area contributed by atoms with Gasteiger partial charge in [0.15, 0.2) is 17.4 Å². The number of carbonyl (C=O) groups is 3. The number of benzene rings is 3. The number of non-ortho nitro benzene ring substituents is 2. The number of nitro groups is 2. The van der Waals surface area contributed by atoms with E-state index < -0.39 is 34.1 Å². The van der Waals surface area contributed by atoms with E-state index in [0.717, 1.165) is 11.1 Å². The van der Waals surface area contributed by atoms with E-state index in [4.69, 9.17) is 23.7 Å². The van der Waals surface area contributed by atoms with Crippen LogP contribution in [0.25, 0.3) is 11.2 Å². The molecule has 2 heterocycles. The van der Waals surface area contributed by atoms with Crippen molar-refractivity contribution >= 4 is 40.4 Å². The molecule has 58 heavy (non-hydrogen) atoms. The zero-order valence-corrected chi connectivity index (χ0v) is 31.7. The molecule has 0 saturated heterocycles. The minimum absolute atomic E-state index is 0.0393. The van der Waals surface area contributed by atoms with Gasteiger partial charge in [0.2, 0.25) is 11.8 Å². The first-order chi connectivity index (χ1) is 28.0. The Labute approximate surface area is 331 Å². The molecule has 3 aromatic carbocycles. The van der Waals surface area contributed by atoms with Crippen molar-refractivity contribution < 1.29 is 47.9 Å². The van der Waals surface area contributed by atoms with Crippen LogP contribution < -0.4 is 14.8 Å². The molecule has 0 aliphatic rings. The van der Waals surface area contributed by atoms with Gasteiger partial charge in [-0.2, -0.15) is 9.97 Å². The van der Waals surface area contributed by atoms with E-state index in [9.17, 15) is 34.6 Å². The Kier molecular flexibility index (Phi) is 15.1. The number of rotatable bonds is 22. The van der Waals surface area contributed by atoms with E-state index in [0.29, 0.717) is 24.8 Å². The van der Waals surface area contributed by atoms with E-state index in [-0.39, 0.29) is 79.6 Å². The molecule has 1 N–H and O–H groups in total. The second-order valence-corrected chi connectivity index (χ2v) is 12.6. The average molecular weight is 800 g/mol. The lowest BCUT2D eigenvalue weighted by Gasteiger charge is -2.25. The van der Waals surface area contributed by atoms with Gasteiger partial charge < -0.3 is 29.0 Å². The fourth-order valence-electron chi connectivity index (χ4n) is 5.41. The van der Waals surface area contributed by atoms with Gasteiger partial charge in [-0.15, -0.1) is 0 Å². The summed E-state index contributed by atoms with van der Waals surface area (Å²) in [6.45, 7) is 1.51. The van der Waals surface area contributed by atoms with E-state index in [1.165, 1.54) is 42.2 Å². The lowest BCUT2D eigenvalue weighted by atomic mass is 10.1. The predicted octanol–water partition coefficient (Wildman–Crippen LogP) is 5.11. The highest BCUT2D eigenvalue weighted by atomic mass is 16.6. The highest BCUT2D eigenvalue weighted by molar-refractivity contribution is 5.89. The smallest absolute Gasteiger partial charge is 0.338 e. The van der Waals surface area contributed by atoms with Crippen molar-refractivity contribution in [2.24, 2.45) is 0 Å². The Morgan fingerprint density at radius 2 is 1.41 bits per heavy atom. The molecule has 0 spiro atoms. The number of nitrogens with zero attached hydrogens (tertiary/aromatic N) is 6. The van der Waals surface area contributed by atoms with Crippen LogP contribution in [0.1, 0.15) is 53.9 Å². The number of hydrogen-bond donors (Lipinski definition) is 1. The molecule has 5 rings (SSSR count). The van der Waals surface area contributed by atoms with Crippen molar-refractivity contribution in [3.63, 3.8) is 0 Å². The van der Waals surface area contributed by atoms with Crippen molar-refractivity contribution in [2.45, 2.75) is 51.4 Å². The predicted molar refractivity (Wildman–Crippen MR) is 205 cm³/mol. The summed E-state index contributed by atoms with van der Waals surface area (Å²) >= 11 is 0. The van der Waals surface area contributed by atoms with Crippen molar-refractivity contribution in [1.82, 2.24) is 24.8 Å². The molecule has 0 aliphatic carbocycles. The lowest BCUT2D eigenvalue weighted by molar-refractivity contribution is -0.385. The molecular weight excluding hydrogens is 758 g/mol. The summed E-state index contributed by atoms with van der Waals surface area (Å²) < 4.78 is 31.1. The van der Waals surface area contributed by atoms with Crippen molar-refractivity contribution in [3.8, 4) is 11.9 Å². The number of hydrogen-bond acceptors (Lipinski definition) is 15. The normalized spacial score (nSPS) is 12.0. The highest BCUT2D eigenvalue weighted by Crippen LogP contribution is 2.28. The molecule has 0 fully saturated rings. The highest BCUT2D eigenvalue weighted by Gasteiger charge is 2.26. The minimum Gasteiger partial charge on any atom is -0.476 e. The average Bonchev–Trinajstić information content (AvgIpc) is 3.67. The van der Waals surface area contributed by atoms with Gasteiger partial charge in [-0.1, -0.05) is 49.4 Å². The van der Waals surface area contributed by atoms with Crippen molar-refractivity contribution in [1.29, 1.82) is 0 Å². The first kappa shape index (κ1) is 42.1. The number of ether oxygens (including phenoxy) is 5. The fourth-order valence-corrected chi connectivity index (χ4v) is 5.41. The SMILES string of the molecule is CC[C@H](COC(=O)CCC(=O)NC)O[C@H](COC(=O)c1ccccc1)n1cnc2c(OCCc3ccc([N+](=O)[O-])cc3)nc(OCCc3ccc([N+](=O)[O-])cc3)nc21. The van der Waals surface area contributed by atoms with Gasteiger partial charge in [-0.05, 0) is 29.7 Å². The van der Waals surface area contributed by atoms with Crippen LogP contribution in [0.4, 0.5) is 11.4 Å². The summed E-state index contributed by atoms with van der Waals surface area (Å²) in [7, 11) is 1.47. The molecule has 0 radical (unpaired) electrons. The summed E-state index contributed by atoms with van der Waals surface area (Å²) in [6.07, 6.45) is 0.576. The van der Waals surface area contributed by atoms with Gasteiger partial charge in [0.25, 0.3) is 11.4 Å². The lowest BCUT2D eigenvalue weighted by Crippen LogP contribution is -2.29. The molecule has 5 aromatic rings. The van der Waals surface area contributed by atoms with Gasteiger partial charge in [0, 0.05) is 50.6 Å². The van der Waals surface area contributed by atoms with Gasteiger partial charge in [0.1, 0.15) is 13.2 Å². The minimum atomic E-state index is -1.07. The molecule has 0 aliphatic heterocycles. The molecule has 19 nitrogen and oxygen atoms in total. The van der Waals surface area contributed by atoms with Crippen LogP contribution in [-0.2, 0) is 36.6 Å². The Morgan fingerprint density at radius 3 is 2.00 bits per heavy atom. The molecule has 0 saturated carbocycles. The third-order valence-corrected chi connectivity index (χ3v) is 8.66. The number of nitrogens with one attached hydrogen (secondary N) is 1. The van der Waals surface area contributed by atoms with Crippen LogP contribution in [-0.4, -0.2) is 86.8 Å². The zero-order chi connectivity index (χ0) is 41.4. The number of esters is 2. The van der Waals surface area contributed by atoms with Gasteiger partial charge in [-0.3, -0.25) is 34.4 Å². The third-order valence-electron chi connectivity index (χ3n) is 8.66. The summed E-state index contributed by atoms with van der Waals surface area (Å²) in [6, 6.07) is 20.3. The molecule has 19 heteroatoms. The maximum atomic E-state index is 13.0. The molecular formula is C39H41N7O12. The number of carbonyl (C=O) groups excluding carboxylic acids is 3. The molecule has 304 valence electrons. The second-order valence-electron chi connectivity index (χ2n) is 12.6. The van der Waals surface area contributed by atoms with Crippen molar-refractivity contribution in [3.05, 3.63) is 122 Å². The van der Waals surface area contributed by atoms with Crippen LogP contribution >= 0.6 is 0 Å². The van der Waals surface area contributed by atoms with Crippen LogP contribution in [0.15, 0.2) is 85.2 Å². The second kappa shape index (κ2) is 20.8. The molecule has 0 bridgehead atoms. The summed E-state index contributed by atoms with van der Waals surface area (Å²) in [5.74, 6) is -1.47. The van der Waals surface area contributed by atoms with Crippen LogP contribution in [0.5, 0.6) is 11.9 Å². The number of fused-ring (bicyclic) bond motifs is 1. The standard InChI is InChI=1S/C39H41N7O12/c1-3-31(23-56-34(48)18-17-32(47)40-2)58-33(24-57-38(49)28-7-5-4-6-8-28)44-25-41-35-36(44)42-39(55-22-20-27-11-15-30(16-12-27)46(52)53)43-37(35)54-21-19-26-9-13-29(14-10-26)45(50)51/h4-16,25,31,33H,3,17-24H2,1-2H3,(H,40,47)/t31-,33-/m1/s1. The maximum absolute atomic E-state index is 13.0. The first-order valence-corrected chi connectivity index (χ1v) is 18.2. The largest absolute Gasteiger partial charge is 0.476 e. The summed E-state index contributed by atoms with van der Waals surface area (Å²) in [4.78, 5) is 71.9. The number of amides is 1. The van der Waals surface area contributed by atoms with E-state index in [2.05, 4.69) is 20.3 Å². The number of imidazole rings is 1. The van der Waals surface area contributed by atoms with E-state index >= 15 is 0 Å². The van der Waals surface area contributed by atoms with Gasteiger partial charge in [0.05, 0.1) is 47.5 Å². The monoisotopic (exact) mass is 799 g/mol. The molecule has 1 amide bonds. The molecule has 0 unspecified atom stereocenters. The molecule has 2 atom stereocenters. The Balaban J connectivity index is 1.41. The zero-order valence-electron chi connectivity index (χ0n) is 31.7. The third kappa shape index (κ3) is 12.0. The summed E-state index contributed by atoms with van der Waals surface area (Å²) in [5.41, 5.74) is 2.16. The Hall–Kier alpha value is -7.02. The Morgan fingerprint density at radius 1 is 0.793 bits per heavy atom. The Bertz CT molecular complexity index is 2180. The topological polar surface area (TPSA) is 239 Å². The number of aromatic nitrogens is 4.